The van der Waals surface area contributed by atoms with Gasteiger partial charge in [-0.3, -0.25) is 4.99 Å². The van der Waals surface area contributed by atoms with E-state index in [1.807, 2.05) is 11.8 Å². The molecule has 0 spiro atoms. The van der Waals surface area contributed by atoms with Crippen LogP contribution in [0.1, 0.15) is 26.7 Å². The zero-order chi connectivity index (χ0) is 9.31. The summed E-state index contributed by atoms with van der Waals surface area (Å²) in [5.41, 5.74) is 0.590. The Morgan fingerprint density at radius 2 is 2.38 bits per heavy atom. The van der Waals surface area contributed by atoms with Gasteiger partial charge in [-0.1, -0.05) is 25.6 Å². The van der Waals surface area contributed by atoms with Gasteiger partial charge in [-0.05, 0) is 24.2 Å². The summed E-state index contributed by atoms with van der Waals surface area (Å²) in [5.74, 6) is 2.11. The predicted molar refractivity (Wildman–Crippen MR) is 59.3 cm³/mol. The normalized spacial score (nSPS) is 30.9. The Bertz CT molecular complexity index is 223. The third kappa shape index (κ3) is 2.39. The average molecular weight is 198 g/mol. The molecule has 1 N–H and O–H groups in total. The van der Waals surface area contributed by atoms with Gasteiger partial charge in [-0.15, -0.1) is 0 Å². The van der Waals surface area contributed by atoms with Crippen LogP contribution in [0.25, 0.3) is 0 Å². The molecule has 3 heteroatoms. The molecule has 1 saturated carbocycles. The zero-order valence-corrected chi connectivity index (χ0v) is 9.28. The number of aliphatic imine (C=N–C) groups is 1. The second-order valence-electron chi connectivity index (χ2n) is 4.66. The van der Waals surface area contributed by atoms with Crippen molar-refractivity contribution in [3.63, 3.8) is 0 Å². The molecule has 13 heavy (non-hydrogen) atoms. The maximum absolute atomic E-state index is 4.45. The lowest BCUT2D eigenvalue weighted by molar-refractivity contribution is 0.552. The highest BCUT2D eigenvalue weighted by Gasteiger charge is 2.45. The van der Waals surface area contributed by atoms with Crippen LogP contribution in [-0.4, -0.2) is 24.0 Å². The lowest BCUT2D eigenvalue weighted by atomic mass is 10.1. The van der Waals surface area contributed by atoms with Crippen molar-refractivity contribution in [2.75, 3.05) is 18.8 Å². The molecule has 1 atom stereocenters. The van der Waals surface area contributed by atoms with E-state index in [2.05, 4.69) is 24.2 Å². The van der Waals surface area contributed by atoms with Crippen molar-refractivity contribution in [3.8, 4) is 0 Å². The minimum absolute atomic E-state index is 0.590. The molecule has 0 aromatic rings. The fourth-order valence-corrected chi connectivity index (χ4v) is 2.54. The van der Waals surface area contributed by atoms with Gasteiger partial charge in [-0.25, -0.2) is 0 Å². The van der Waals surface area contributed by atoms with Crippen LogP contribution < -0.4 is 5.32 Å². The molecule has 1 fully saturated rings. The van der Waals surface area contributed by atoms with Gasteiger partial charge in [0.1, 0.15) is 0 Å². The van der Waals surface area contributed by atoms with E-state index in [4.69, 9.17) is 0 Å². The van der Waals surface area contributed by atoms with Crippen LogP contribution in [0, 0.1) is 11.3 Å². The highest BCUT2D eigenvalue weighted by molar-refractivity contribution is 8.13. The SMILES string of the molecule is CC1(C)CC1CNC1=NCCCS1. The molecule has 1 aliphatic carbocycles. The summed E-state index contributed by atoms with van der Waals surface area (Å²) >= 11 is 1.87. The summed E-state index contributed by atoms with van der Waals surface area (Å²) in [6.45, 7) is 6.83. The van der Waals surface area contributed by atoms with Crippen molar-refractivity contribution in [2.45, 2.75) is 26.7 Å². The number of hydrogen-bond acceptors (Lipinski definition) is 3. The first-order valence-corrected chi connectivity index (χ1v) is 6.08. The molecule has 1 heterocycles. The molecular weight excluding hydrogens is 180 g/mol. The van der Waals surface area contributed by atoms with Gasteiger partial charge in [0.25, 0.3) is 0 Å². The Morgan fingerprint density at radius 1 is 1.62 bits per heavy atom. The molecule has 74 valence electrons. The summed E-state index contributed by atoms with van der Waals surface area (Å²) in [7, 11) is 0. The first kappa shape index (κ1) is 9.38. The summed E-state index contributed by atoms with van der Waals surface area (Å²) < 4.78 is 0. The summed E-state index contributed by atoms with van der Waals surface area (Å²) in [6, 6.07) is 0. The number of nitrogens with one attached hydrogen (secondary N) is 1. The van der Waals surface area contributed by atoms with Crippen LogP contribution in [0.3, 0.4) is 0 Å². The van der Waals surface area contributed by atoms with E-state index >= 15 is 0 Å². The molecule has 1 aliphatic heterocycles. The van der Waals surface area contributed by atoms with E-state index < -0.39 is 0 Å². The van der Waals surface area contributed by atoms with Gasteiger partial charge < -0.3 is 5.32 Å². The Morgan fingerprint density at radius 3 is 2.92 bits per heavy atom. The first-order valence-electron chi connectivity index (χ1n) is 5.09. The molecule has 0 saturated heterocycles. The Labute approximate surface area is 84.6 Å². The molecule has 0 radical (unpaired) electrons. The highest BCUT2D eigenvalue weighted by Crippen LogP contribution is 2.51. The fraction of sp³-hybridized carbons (Fsp3) is 0.900. The van der Waals surface area contributed by atoms with E-state index in [0.717, 1.165) is 19.0 Å². The van der Waals surface area contributed by atoms with Crippen LogP contribution in [0.15, 0.2) is 4.99 Å². The van der Waals surface area contributed by atoms with Crippen molar-refractivity contribution in [1.29, 1.82) is 0 Å². The number of nitrogens with zero attached hydrogens (tertiary/aromatic N) is 1. The molecule has 2 rings (SSSR count). The van der Waals surface area contributed by atoms with E-state index in [0.29, 0.717) is 5.41 Å². The van der Waals surface area contributed by atoms with Crippen LogP contribution in [0.4, 0.5) is 0 Å². The number of thioether (sulfide) groups is 1. The van der Waals surface area contributed by atoms with E-state index in [-0.39, 0.29) is 0 Å². The van der Waals surface area contributed by atoms with Gasteiger partial charge in [0.2, 0.25) is 0 Å². The summed E-state index contributed by atoms with van der Waals surface area (Å²) in [5, 5.41) is 4.63. The topological polar surface area (TPSA) is 24.4 Å². The largest absolute Gasteiger partial charge is 0.365 e. The molecule has 2 aliphatic rings. The van der Waals surface area contributed by atoms with Crippen LogP contribution >= 0.6 is 11.8 Å². The second kappa shape index (κ2) is 3.52. The lowest BCUT2D eigenvalue weighted by Gasteiger charge is -2.13. The third-order valence-electron chi connectivity index (χ3n) is 3.01. The minimum Gasteiger partial charge on any atom is -0.365 e. The number of rotatable bonds is 2. The van der Waals surface area contributed by atoms with Crippen molar-refractivity contribution < 1.29 is 0 Å². The van der Waals surface area contributed by atoms with Crippen molar-refractivity contribution in [1.82, 2.24) is 5.32 Å². The Kier molecular flexibility index (Phi) is 2.54. The second-order valence-corrected chi connectivity index (χ2v) is 5.74. The maximum atomic E-state index is 4.45. The quantitative estimate of drug-likeness (QED) is 0.735. The van der Waals surface area contributed by atoms with Crippen molar-refractivity contribution >= 4 is 16.9 Å². The van der Waals surface area contributed by atoms with Crippen LogP contribution in [-0.2, 0) is 0 Å². The minimum atomic E-state index is 0.590. The van der Waals surface area contributed by atoms with Crippen molar-refractivity contribution in [3.05, 3.63) is 0 Å². The van der Waals surface area contributed by atoms with Gasteiger partial charge in [-0.2, -0.15) is 0 Å². The Balaban J connectivity index is 1.71. The zero-order valence-electron chi connectivity index (χ0n) is 8.47. The van der Waals surface area contributed by atoms with Gasteiger partial charge >= 0.3 is 0 Å². The molecule has 0 aromatic carbocycles. The average Bonchev–Trinajstić information content (AvgIpc) is 2.73. The highest BCUT2D eigenvalue weighted by atomic mass is 32.2. The maximum Gasteiger partial charge on any atom is 0.156 e. The molecule has 1 unspecified atom stereocenters. The molecular formula is C10H18N2S. The molecule has 0 bridgehead atoms. The fourth-order valence-electron chi connectivity index (χ4n) is 1.70. The van der Waals surface area contributed by atoms with E-state index in [9.17, 15) is 0 Å². The third-order valence-corrected chi connectivity index (χ3v) is 4.05. The van der Waals surface area contributed by atoms with Crippen LogP contribution in [0.5, 0.6) is 0 Å². The van der Waals surface area contributed by atoms with Gasteiger partial charge in [0, 0.05) is 18.8 Å². The molecule has 0 amide bonds. The first-order chi connectivity index (χ1) is 6.18. The summed E-state index contributed by atoms with van der Waals surface area (Å²) in [6.07, 6.45) is 2.61. The molecule has 2 nitrogen and oxygen atoms in total. The van der Waals surface area contributed by atoms with Crippen LogP contribution in [0.2, 0.25) is 0 Å². The smallest absolute Gasteiger partial charge is 0.156 e. The van der Waals surface area contributed by atoms with Gasteiger partial charge in [0.05, 0.1) is 0 Å². The Hall–Kier alpha value is -0.180. The summed E-state index contributed by atoms with van der Waals surface area (Å²) in [4.78, 5) is 4.45. The van der Waals surface area contributed by atoms with E-state index in [1.54, 1.807) is 0 Å². The number of amidine groups is 1. The molecule has 0 aromatic heterocycles. The van der Waals surface area contributed by atoms with Gasteiger partial charge in [0.15, 0.2) is 5.17 Å². The number of hydrogen-bond donors (Lipinski definition) is 1. The predicted octanol–water partition coefficient (Wildman–Crippen LogP) is 2.12. The van der Waals surface area contributed by atoms with E-state index in [1.165, 1.54) is 23.8 Å². The lowest BCUT2D eigenvalue weighted by Crippen LogP contribution is -2.26. The van der Waals surface area contributed by atoms with Crippen molar-refractivity contribution in [2.24, 2.45) is 16.3 Å². The standard InChI is InChI=1S/C10H18N2S/c1-10(2)6-8(10)7-12-9-11-4-3-5-13-9/h8H,3-7H2,1-2H3,(H,11,12). The monoisotopic (exact) mass is 198 g/mol.